The Hall–Kier alpha value is -1.14. The van der Waals surface area contributed by atoms with E-state index < -0.39 is 18.1 Å². The number of hydrogen-bond donors (Lipinski definition) is 2. The minimum Gasteiger partial charge on any atom is -0.480 e. The molecule has 1 heterocycles. The summed E-state index contributed by atoms with van der Waals surface area (Å²) in [5, 5.41) is 9.22. The molecule has 2 atom stereocenters. The molecule has 0 aromatic carbocycles. The fourth-order valence-electron chi connectivity index (χ4n) is 2.41. The largest absolute Gasteiger partial charge is 0.480 e. The van der Waals surface area contributed by atoms with Crippen molar-refractivity contribution >= 4 is 11.9 Å². The molecule has 0 aromatic rings. The van der Waals surface area contributed by atoms with E-state index in [-0.39, 0.29) is 5.91 Å². The van der Waals surface area contributed by atoms with E-state index in [1.807, 2.05) is 0 Å². The molecule has 1 amide bonds. The van der Waals surface area contributed by atoms with Crippen LogP contribution < -0.4 is 5.73 Å². The van der Waals surface area contributed by atoms with Crippen molar-refractivity contribution in [3.05, 3.63) is 0 Å². The zero-order chi connectivity index (χ0) is 14.3. The number of ether oxygens (including phenoxy) is 1. The van der Waals surface area contributed by atoms with E-state index in [4.69, 9.17) is 10.5 Å². The Kier molecular flexibility index (Phi) is 6.80. The van der Waals surface area contributed by atoms with Crippen LogP contribution in [0.3, 0.4) is 0 Å². The van der Waals surface area contributed by atoms with Crippen molar-refractivity contribution in [2.45, 2.75) is 50.6 Å². The summed E-state index contributed by atoms with van der Waals surface area (Å²) in [4.78, 5) is 25.0. The van der Waals surface area contributed by atoms with E-state index in [2.05, 4.69) is 0 Å². The Morgan fingerprint density at radius 2 is 2.16 bits per heavy atom. The number of likely N-dealkylation sites (tertiary alicyclic amines) is 1. The Labute approximate surface area is 113 Å². The quantitative estimate of drug-likeness (QED) is 0.691. The third kappa shape index (κ3) is 4.80. The van der Waals surface area contributed by atoms with Crippen LogP contribution in [0.1, 0.15) is 38.5 Å². The molecular formula is C13H24N2O4. The first-order chi connectivity index (χ1) is 9.07. The maximum Gasteiger partial charge on any atom is 0.326 e. The summed E-state index contributed by atoms with van der Waals surface area (Å²) in [6.45, 7) is 1.05. The summed E-state index contributed by atoms with van der Waals surface area (Å²) in [5.41, 5.74) is 5.86. The Balaban J connectivity index is 2.61. The van der Waals surface area contributed by atoms with Crippen LogP contribution in [0, 0.1) is 0 Å². The third-order valence-corrected chi connectivity index (χ3v) is 3.50. The van der Waals surface area contributed by atoms with Crippen LogP contribution in [-0.4, -0.2) is 54.2 Å². The summed E-state index contributed by atoms with van der Waals surface area (Å²) in [7, 11) is 1.60. The Morgan fingerprint density at radius 3 is 2.79 bits per heavy atom. The molecule has 0 aliphatic carbocycles. The molecule has 19 heavy (non-hydrogen) atoms. The normalized spacial score (nSPS) is 21.8. The molecular weight excluding hydrogens is 248 g/mol. The van der Waals surface area contributed by atoms with E-state index in [0.717, 1.165) is 19.3 Å². The predicted molar refractivity (Wildman–Crippen MR) is 70.7 cm³/mol. The van der Waals surface area contributed by atoms with Crippen LogP contribution in [0.15, 0.2) is 0 Å². The zero-order valence-corrected chi connectivity index (χ0v) is 11.5. The van der Waals surface area contributed by atoms with E-state index in [0.29, 0.717) is 32.4 Å². The molecule has 2 unspecified atom stereocenters. The molecule has 0 spiro atoms. The molecule has 1 aliphatic rings. The van der Waals surface area contributed by atoms with Crippen molar-refractivity contribution in [2.24, 2.45) is 5.73 Å². The zero-order valence-electron chi connectivity index (χ0n) is 11.5. The third-order valence-electron chi connectivity index (χ3n) is 3.50. The van der Waals surface area contributed by atoms with Gasteiger partial charge in [-0.25, -0.2) is 4.79 Å². The van der Waals surface area contributed by atoms with Gasteiger partial charge in [-0.2, -0.15) is 0 Å². The Bertz CT molecular complexity index is 309. The van der Waals surface area contributed by atoms with Gasteiger partial charge in [-0.1, -0.05) is 12.8 Å². The van der Waals surface area contributed by atoms with E-state index in [1.165, 1.54) is 4.90 Å². The first-order valence-electron chi connectivity index (χ1n) is 6.85. The first kappa shape index (κ1) is 15.9. The van der Waals surface area contributed by atoms with Crippen LogP contribution in [0.25, 0.3) is 0 Å². The molecule has 6 heteroatoms. The number of hydrogen-bond acceptors (Lipinski definition) is 4. The van der Waals surface area contributed by atoms with Gasteiger partial charge in [0.05, 0.1) is 6.04 Å². The fraction of sp³-hybridized carbons (Fsp3) is 0.846. The number of methoxy groups -OCH3 is 1. The summed E-state index contributed by atoms with van der Waals surface area (Å²) >= 11 is 0. The lowest BCUT2D eigenvalue weighted by Crippen LogP contribution is -2.51. The highest BCUT2D eigenvalue weighted by molar-refractivity contribution is 5.86. The minimum atomic E-state index is -0.931. The standard InChI is InChI=1S/C13H24N2O4/c1-19-9-5-6-10(14)12(16)15-8-4-2-3-7-11(15)13(17)18/h10-11H,2-9,14H2,1H3,(H,17,18). The predicted octanol–water partition coefficient (Wildman–Crippen LogP) is 0.596. The van der Waals surface area contributed by atoms with Gasteiger partial charge in [0.2, 0.25) is 5.91 Å². The molecule has 6 nitrogen and oxygen atoms in total. The van der Waals surface area contributed by atoms with Crippen molar-refractivity contribution in [3.8, 4) is 0 Å². The monoisotopic (exact) mass is 272 g/mol. The van der Waals surface area contributed by atoms with Gasteiger partial charge in [0.15, 0.2) is 0 Å². The first-order valence-corrected chi connectivity index (χ1v) is 6.85. The highest BCUT2D eigenvalue weighted by Gasteiger charge is 2.32. The van der Waals surface area contributed by atoms with Crippen LogP contribution >= 0.6 is 0 Å². The number of carbonyl (C=O) groups is 2. The maximum atomic E-state index is 12.3. The molecule has 1 aliphatic heterocycles. The highest BCUT2D eigenvalue weighted by atomic mass is 16.5. The molecule has 0 bridgehead atoms. The molecule has 1 fully saturated rings. The number of carbonyl (C=O) groups excluding carboxylic acids is 1. The van der Waals surface area contributed by atoms with Gasteiger partial charge in [0.25, 0.3) is 0 Å². The van der Waals surface area contributed by atoms with Gasteiger partial charge >= 0.3 is 5.97 Å². The number of aliphatic carboxylic acids is 1. The molecule has 0 saturated carbocycles. The van der Waals surface area contributed by atoms with Crippen molar-refractivity contribution < 1.29 is 19.4 Å². The van der Waals surface area contributed by atoms with Crippen LogP contribution in [0.2, 0.25) is 0 Å². The van der Waals surface area contributed by atoms with Gasteiger partial charge in [0.1, 0.15) is 6.04 Å². The number of rotatable bonds is 6. The summed E-state index contributed by atoms with van der Waals surface area (Å²) in [6, 6.07) is -1.35. The van der Waals surface area contributed by atoms with Gasteiger partial charge in [-0.05, 0) is 25.7 Å². The molecule has 3 N–H and O–H groups in total. The second-order valence-corrected chi connectivity index (χ2v) is 4.98. The van der Waals surface area contributed by atoms with Gasteiger partial charge in [-0.15, -0.1) is 0 Å². The molecule has 0 radical (unpaired) electrons. The van der Waals surface area contributed by atoms with E-state index in [1.54, 1.807) is 7.11 Å². The lowest BCUT2D eigenvalue weighted by atomic mass is 10.1. The minimum absolute atomic E-state index is 0.245. The topological polar surface area (TPSA) is 92.9 Å². The second kappa shape index (κ2) is 8.12. The summed E-state index contributed by atoms with van der Waals surface area (Å²) in [5.74, 6) is -1.18. The lowest BCUT2D eigenvalue weighted by molar-refractivity contribution is -0.150. The molecule has 1 saturated heterocycles. The lowest BCUT2D eigenvalue weighted by Gasteiger charge is -2.29. The maximum absolute atomic E-state index is 12.3. The molecule has 110 valence electrons. The summed E-state index contributed by atoms with van der Waals surface area (Å²) < 4.78 is 4.92. The van der Waals surface area contributed by atoms with Crippen molar-refractivity contribution in [3.63, 3.8) is 0 Å². The SMILES string of the molecule is COCCCC(N)C(=O)N1CCCCCC1C(=O)O. The second-order valence-electron chi connectivity index (χ2n) is 4.98. The number of carboxylic acids is 1. The number of amides is 1. The van der Waals surface area contributed by atoms with Crippen molar-refractivity contribution in [1.29, 1.82) is 0 Å². The average Bonchev–Trinajstić information content (AvgIpc) is 2.63. The Morgan fingerprint density at radius 1 is 1.42 bits per heavy atom. The van der Waals surface area contributed by atoms with Crippen LogP contribution in [0.5, 0.6) is 0 Å². The number of nitrogens with two attached hydrogens (primary N) is 1. The fourth-order valence-corrected chi connectivity index (χ4v) is 2.41. The van der Waals surface area contributed by atoms with Gasteiger partial charge < -0.3 is 20.5 Å². The average molecular weight is 272 g/mol. The summed E-state index contributed by atoms with van der Waals surface area (Å²) in [6.07, 6.45) is 4.41. The van der Waals surface area contributed by atoms with E-state index in [9.17, 15) is 14.7 Å². The molecule has 0 aromatic heterocycles. The molecule has 1 rings (SSSR count). The van der Waals surface area contributed by atoms with E-state index >= 15 is 0 Å². The smallest absolute Gasteiger partial charge is 0.326 e. The van der Waals surface area contributed by atoms with Crippen LogP contribution in [-0.2, 0) is 14.3 Å². The van der Waals surface area contributed by atoms with Crippen molar-refractivity contribution in [1.82, 2.24) is 4.90 Å². The van der Waals surface area contributed by atoms with Crippen molar-refractivity contribution in [2.75, 3.05) is 20.3 Å². The number of nitrogens with zero attached hydrogens (tertiary/aromatic N) is 1. The van der Waals surface area contributed by atoms with Crippen LogP contribution in [0.4, 0.5) is 0 Å². The van der Waals surface area contributed by atoms with Gasteiger partial charge in [-0.3, -0.25) is 4.79 Å². The highest BCUT2D eigenvalue weighted by Crippen LogP contribution is 2.18. The number of carboxylic acid groups (broad SMARTS) is 1. The van der Waals surface area contributed by atoms with Gasteiger partial charge in [0, 0.05) is 20.3 Å².